The minimum Gasteiger partial charge on any atom is -0.508 e. The molecule has 0 amide bonds. The van der Waals surface area contributed by atoms with Gasteiger partial charge in [0.25, 0.3) is 0 Å². The van der Waals surface area contributed by atoms with Gasteiger partial charge in [0.2, 0.25) is 0 Å². The Labute approximate surface area is 107 Å². The molecular formula is C13H21NO2S. The van der Waals surface area contributed by atoms with E-state index in [1.807, 2.05) is 18.7 Å². The van der Waals surface area contributed by atoms with E-state index in [1.54, 1.807) is 12.1 Å². The van der Waals surface area contributed by atoms with Gasteiger partial charge in [-0.05, 0) is 37.3 Å². The largest absolute Gasteiger partial charge is 0.508 e. The summed E-state index contributed by atoms with van der Waals surface area (Å²) in [5, 5.41) is 22.3. The van der Waals surface area contributed by atoms with Gasteiger partial charge >= 0.3 is 0 Å². The average molecular weight is 255 g/mol. The van der Waals surface area contributed by atoms with Crippen LogP contribution in [0.15, 0.2) is 18.2 Å². The van der Waals surface area contributed by atoms with Crippen molar-refractivity contribution in [1.29, 1.82) is 0 Å². The Morgan fingerprint density at radius 1 is 1.18 bits per heavy atom. The molecule has 96 valence electrons. The fraction of sp³-hybridized carbons (Fsp3) is 0.538. The fourth-order valence-corrected chi connectivity index (χ4v) is 2.42. The Morgan fingerprint density at radius 2 is 1.76 bits per heavy atom. The molecule has 0 aliphatic heterocycles. The molecule has 4 heteroatoms. The SMILES string of the molecule is CCSCC(C)NC(C)c1cc(O)cc(O)c1. The summed E-state index contributed by atoms with van der Waals surface area (Å²) in [6.45, 7) is 6.32. The van der Waals surface area contributed by atoms with Gasteiger partial charge < -0.3 is 15.5 Å². The molecule has 0 aliphatic rings. The number of phenolic OH excluding ortho intramolecular Hbond substituents is 2. The van der Waals surface area contributed by atoms with Crippen LogP contribution in [0, 0.1) is 0 Å². The van der Waals surface area contributed by atoms with Gasteiger partial charge in [0.15, 0.2) is 0 Å². The Kier molecular flexibility index (Phi) is 5.65. The number of thioether (sulfide) groups is 1. The molecule has 0 aliphatic carbocycles. The highest BCUT2D eigenvalue weighted by Crippen LogP contribution is 2.25. The average Bonchev–Trinajstić information content (AvgIpc) is 2.25. The monoisotopic (exact) mass is 255 g/mol. The highest BCUT2D eigenvalue weighted by Gasteiger charge is 2.11. The molecule has 2 atom stereocenters. The van der Waals surface area contributed by atoms with Gasteiger partial charge in [0.1, 0.15) is 11.5 Å². The van der Waals surface area contributed by atoms with E-state index in [4.69, 9.17) is 0 Å². The zero-order chi connectivity index (χ0) is 12.8. The lowest BCUT2D eigenvalue weighted by atomic mass is 10.1. The van der Waals surface area contributed by atoms with Gasteiger partial charge in [-0.1, -0.05) is 6.92 Å². The molecule has 3 N–H and O–H groups in total. The molecule has 0 bridgehead atoms. The van der Waals surface area contributed by atoms with Crippen molar-refractivity contribution in [2.75, 3.05) is 11.5 Å². The molecule has 0 saturated heterocycles. The summed E-state index contributed by atoms with van der Waals surface area (Å²) in [6, 6.07) is 5.21. The van der Waals surface area contributed by atoms with Crippen LogP contribution in [0.3, 0.4) is 0 Å². The van der Waals surface area contributed by atoms with Crippen molar-refractivity contribution in [3.8, 4) is 11.5 Å². The second-order valence-electron chi connectivity index (χ2n) is 4.23. The van der Waals surface area contributed by atoms with E-state index in [9.17, 15) is 10.2 Å². The maximum atomic E-state index is 9.43. The molecular weight excluding hydrogens is 234 g/mol. The molecule has 3 nitrogen and oxygen atoms in total. The van der Waals surface area contributed by atoms with Crippen molar-refractivity contribution in [2.24, 2.45) is 0 Å². The van der Waals surface area contributed by atoms with Crippen molar-refractivity contribution in [3.05, 3.63) is 23.8 Å². The van der Waals surface area contributed by atoms with Crippen molar-refractivity contribution in [1.82, 2.24) is 5.32 Å². The topological polar surface area (TPSA) is 52.5 Å². The Hall–Kier alpha value is -0.870. The van der Waals surface area contributed by atoms with E-state index in [1.165, 1.54) is 6.07 Å². The molecule has 17 heavy (non-hydrogen) atoms. The van der Waals surface area contributed by atoms with E-state index in [0.717, 1.165) is 17.1 Å². The standard InChI is InChI=1S/C13H21NO2S/c1-4-17-8-9(2)14-10(3)11-5-12(15)7-13(16)6-11/h5-7,9-10,14-16H,4,8H2,1-3H3. The van der Waals surface area contributed by atoms with E-state index < -0.39 is 0 Å². The van der Waals surface area contributed by atoms with Crippen molar-refractivity contribution >= 4 is 11.8 Å². The normalized spacial score (nSPS) is 14.5. The first-order valence-electron chi connectivity index (χ1n) is 5.89. The number of phenols is 2. The summed E-state index contributed by atoms with van der Waals surface area (Å²) in [7, 11) is 0. The summed E-state index contributed by atoms with van der Waals surface area (Å²) in [5.74, 6) is 2.38. The van der Waals surface area contributed by atoms with Crippen molar-refractivity contribution in [3.63, 3.8) is 0 Å². The molecule has 0 fully saturated rings. The number of rotatable bonds is 6. The van der Waals surface area contributed by atoms with E-state index in [-0.39, 0.29) is 17.5 Å². The molecule has 0 heterocycles. The highest BCUT2D eigenvalue weighted by atomic mass is 32.2. The molecule has 0 radical (unpaired) electrons. The van der Waals surface area contributed by atoms with Gasteiger partial charge in [-0.25, -0.2) is 0 Å². The minimum atomic E-state index is 0.101. The van der Waals surface area contributed by atoms with Crippen LogP contribution in [-0.2, 0) is 0 Å². The lowest BCUT2D eigenvalue weighted by Gasteiger charge is -2.20. The molecule has 0 saturated carbocycles. The lowest BCUT2D eigenvalue weighted by Crippen LogP contribution is -2.30. The minimum absolute atomic E-state index is 0.101. The first-order valence-corrected chi connectivity index (χ1v) is 7.05. The number of benzene rings is 1. The number of nitrogens with one attached hydrogen (secondary N) is 1. The van der Waals surface area contributed by atoms with Crippen LogP contribution in [0.4, 0.5) is 0 Å². The summed E-state index contributed by atoms with van der Waals surface area (Å²) in [4.78, 5) is 0. The summed E-state index contributed by atoms with van der Waals surface area (Å²) < 4.78 is 0. The smallest absolute Gasteiger partial charge is 0.119 e. The number of hydrogen-bond acceptors (Lipinski definition) is 4. The highest BCUT2D eigenvalue weighted by molar-refractivity contribution is 7.99. The summed E-state index contributed by atoms with van der Waals surface area (Å²) in [6.07, 6.45) is 0. The zero-order valence-corrected chi connectivity index (χ0v) is 11.4. The van der Waals surface area contributed by atoms with E-state index in [0.29, 0.717) is 6.04 Å². The van der Waals surface area contributed by atoms with Crippen molar-refractivity contribution < 1.29 is 10.2 Å². The van der Waals surface area contributed by atoms with E-state index >= 15 is 0 Å². The third kappa shape index (κ3) is 4.88. The zero-order valence-electron chi connectivity index (χ0n) is 10.6. The number of aromatic hydroxyl groups is 2. The third-order valence-electron chi connectivity index (χ3n) is 2.53. The molecule has 1 aromatic carbocycles. The Balaban J connectivity index is 2.59. The van der Waals surface area contributed by atoms with Gasteiger partial charge in [-0.3, -0.25) is 0 Å². The van der Waals surface area contributed by atoms with Gasteiger partial charge in [-0.2, -0.15) is 11.8 Å². The Morgan fingerprint density at radius 3 is 2.29 bits per heavy atom. The van der Waals surface area contributed by atoms with Gasteiger partial charge in [0, 0.05) is 23.9 Å². The summed E-state index contributed by atoms with van der Waals surface area (Å²) >= 11 is 1.90. The number of hydrogen-bond donors (Lipinski definition) is 3. The van der Waals surface area contributed by atoms with Crippen LogP contribution < -0.4 is 5.32 Å². The second-order valence-corrected chi connectivity index (χ2v) is 5.55. The molecule has 0 aromatic heterocycles. The first-order chi connectivity index (χ1) is 8.02. The molecule has 1 rings (SSSR count). The lowest BCUT2D eigenvalue weighted by molar-refractivity contribution is 0.443. The fourth-order valence-electron chi connectivity index (χ4n) is 1.73. The van der Waals surface area contributed by atoms with Crippen LogP contribution in [0.1, 0.15) is 32.4 Å². The van der Waals surface area contributed by atoms with Crippen LogP contribution in [0.25, 0.3) is 0 Å². The predicted octanol–water partition coefficient (Wildman–Crippen LogP) is 2.89. The molecule has 1 aromatic rings. The molecule has 2 unspecified atom stereocenters. The predicted molar refractivity (Wildman–Crippen MR) is 73.8 cm³/mol. The van der Waals surface area contributed by atoms with Crippen molar-refractivity contribution in [2.45, 2.75) is 32.9 Å². The van der Waals surface area contributed by atoms with Gasteiger partial charge in [0.05, 0.1) is 0 Å². The van der Waals surface area contributed by atoms with Crippen LogP contribution >= 0.6 is 11.8 Å². The third-order valence-corrected chi connectivity index (χ3v) is 3.68. The van der Waals surface area contributed by atoms with E-state index in [2.05, 4.69) is 19.2 Å². The van der Waals surface area contributed by atoms with Crippen LogP contribution in [0.2, 0.25) is 0 Å². The van der Waals surface area contributed by atoms with Crippen LogP contribution in [0.5, 0.6) is 11.5 Å². The van der Waals surface area contributed by atoms with Crippen LogP contribution in [-0.4, -0.2) is 27.8 Å². The maximum Gasteiger partial charge on any atom is 0.119 e. The quantitative estimate of drug-likeness (QED) is 0.731. The second kappa shape index (κ2) is 6.77. The first kappa shape index (κ1) is 14.2. The summed E-state index contributed by atoms with van der Waals surface area (Å²) in [5.41, 5.74) is 0.899. The maximum absolute atomic E-state index is 9.43. The molecule has 0 spiro atoms. The van der Waals surface area contributed by atoms with Gasteiger partial charge in [-0.15, -0.1) is 0 Å². The Bertz CT molecular complexity index is 337.